The highest BCUT2D eigenvalue weighted by Gasteiger charge is 2.12. The molecule has 2 aromatic rings. The Bertz CT molecular complexity index is 510. The molecule has 0 aliphatic heterocycles. The first-order valence-electron chi connectivity index (χ1n) is 5.93. The second-order valence-corrected chi connectivity index (χ2v) is 4.32. The molecule has 0 aliphatic rings. The minimum absolute atomic E-state index is 0.0823. The fourth-order valence-corrected chi connectivity index (χ4v) is 2.02. The molecule has 0 bridgehead atoms. The Kier molecular flexibility index (Phi) is 3.95. The van der Waals surface area contributed by atoms with E-state index in [0.29, 0.717) is 13.0 Å². The molecule has 3 N–H and O–H groups in total. The third-order valence-corrected chi connectivity index (χ3v) is 3.08. The van der Waals surface area contributed by atoms with Crippen LogP contribution >= 0.6 is 0 Å². The van der Waals surface area contributed by atoms with Gasteiger partial charge in [0.15, 0.2) is 0 Å². The van der Waals surface area contributed by atoms with Gasteiger partial charge in [0, 0.05) is 5.92 Å². The van der Waals surface area contributed by atoms with E-state index in [9.17, 15) is 9.50 Å². The molecular formula is C15H16FNO. The van der Waals surface area contributed by atoms with Gasteiger partial charge in [-0.3, -0.25) is 0 Å². The Morgan fingerprint density at radius 1 is 1.06 bits per heavy atom. The van der Waals surface area contributed by atoms with Crippen molar-refractivity contribution in [3.8, 4) is 5.75 Å². The lowest BCUT2D eigenvalue weighted by Gasteiger charge is -2.16. The first kappa shape index (κ1) is 12.6. The van der Waals surface area contributed by atoms with Crippen LogP contribution in [0.25, 0.3) is 0 Å². The second kappa shape index (κ2) is 5.65. The zero-order valence-corrected chi connectivity index (χ0v) is 10.0. The number of phenolic OH excluding ortho intramolecular Hbond substituents is 1. The van der Waals surface area contributed by atoms with Gasteiger partial charge in [0.2, 0.25) is 0 Å². The number of hydrogen-bond donors (Lipinski definition) is 2. The number of para-hydroxylation sites is 1. The smallest absolute Gasteiger partial charge is 0.123 e. The van der Waals surface area contributed by atoms with Crippen LogP contribution < -0.4 is 5.73 Å². The molecule has 1 atom stereocenters. The minimum Gasteiger partial charge on any atom is -0.508 e. The number of hydrogen-bond acceptors (Lipinski definition) is 2. The summed E-state index contributed by atoms with van der Waals surface area (Å²) in [5, 5.41) is 9.75. The summed E-state index contributed by atoms with van der Waals surface area (Å²) >= 11 is 0. The summed E-state index contributed by atoms with van der Waals surface area (Å²) in [7, 11) is 0. The third-order valence-electron chi connectivity index (χ3n) is 3.08. The summed E-state index contributed by atoms with van der Waals surface area (Å²) in [6, 6.07) is 13.6. The SMILES string of the molecule is NCC(Cc1ccccc1O)c1ccc(F)cc1. The molecule has 0 fully saturated rings. The molecule has 0 aliphatic carbocycles. The summed E-state index contributed by atoms with van der Waals surface area (Å²) in [5.41, 5.74) is 7.61. The summed E-state index contributed by atoms with van der Waals surface area (Å²) in [5.74, 6) is 0.106. The molecule has 18 heavy (non-hydrogen) atoms. The van der Waals surface area contributed by atoms with E-state index in [0.717, 1.165) is 11.1 Å². The van der Waals surface area contributed by atoms with Crippen molar-refractivity contribution < 1.29 is 9.50 Å². The van der Waals surface area contributed by atoms with Crippen LogP contribution in [0.4, 0.5) is 4.39 Å². The number of aromatic hydroxyl groups is 1. The predicted octanol–water partition coefficient (Wildman–Crippen LogP) is 2.82. The van der Waals surface area contributed by atoms with Gasteiger partial charge in [-0.05, 0) is 42.3 Å². The number of phenols is 1. The van der Waals surface area contributed by atoms with Crippen LogP contribution in [0.5, 0.6) is 5.75 Å². The van der Waals surface area contributed by atoms with Crippen LogP contribution in [-0.2, 0) is 6.42 Å². The van der Waals surface area contributed by atoms with Crippen LogP contribution in [0.15, 0.2) is 48.5 Å². The average molecular weight is 245 g/mol. The lowest BCUT2D eigenvalue weighted by molar-refractivity contribution is 0.465. The predicted molar refractivity (Wildman–Crippen MR) is 70.0 cm³/mol. The Hall–Kier alpha value is -1.87. The van der Waals surface area contributed by atoms with Gasteiger partial charge in [-0.1, -0.05) is 30.3 Å². The van der Waals surface area contributed by atoms with Crippen molar-refractivity contribution in [1.29, 1.82) is 0 Å². The Labute approximate surface area is 106 Å². The minimum atomic E-state index is -0.253. The van der Waals surface area contributed by atoms with Crippen molar-refractivity contribution in [3.63, 3.8) is 0 Å². The van der Waals surface area contributed by atoms with Crippen molar-refractivity contribution in [2.45, 2.75) is 12.3 Å². The molecule has 2 rings (SSSR count). The lowest BCUT2D eigenvalue weighted by atomic mass is 9.92. The van der Waals surface area contributed by atoms with Crippen LogP contribution in [0.1, 0.15) is 17.0 Å². The summed E-state index contributed by atoms with van der Waals surface area (Å²) in [6.07, 6.45) is 0.648. The zero-order valence-electron chi connectivity index (χ0n) is 10.0. The van der Waals surface area contributed by atoms with E-state index < -0.39 is 0 Å². The fourth-order valence-electron chi connectivity index (χ4n) is 2.02. The van der Waals surface area contributed by atoms with Crippen molar-refractivity contribution in [1.82, 2.24) is 0 Å². The van der Waals surface area contributed by atoms with Gasteiger partial charge in [-0.2, -0.15) is 0 Å². The normalized spacial score (nSPS) is 12.3. The standard InChI is InChI=1S/C15H16FNO/c16-14-7-5-11(6-8-14)13(10-17)9-12-3-1-2-4-15(12)18/h1-8,13,18H,9-10,17H2. The van der Waals surface area contributed by atoms with Crippen molar-refractivity contribution >= 4 is 0 Å². The summed E-state index contributed by atoms with van der Waals surface area (Å²) < 4.78 is 12.9. The molecule has 3 heteroatoms. The average Bonchev–Trinajstić information content (AvgIpc) is 2.39. The molecule has 0 spiro atoms. The molecule has 0 heterocycles. The van der Waals surface area contributed by atoms with Gasteiger partial charge < -0.3 is 10.8 Å². The maximum atomic E-state index is 12.9. The largest absolute Gasteiger partial charge is 0.508 e. The number of rotatable bonds is 4. The first-order valence-corrected chi connectivity index (χ1v) is 5.93. The Balaban J connectivity index is 2.20. The monoisotopic (exact) mass is 245 g/mol. The third kappa shape index (κ3) is 2.87. The molecule has 0 amide bonds. The van der Waals surface area contributed by atoms with E-state index in [1.165, 1.54) is 12.1 Å². The lowest BCUT2D eigenvalue weighted by Crippen LogP contribution is -2.15. The van der Waals surface area contributed by atoms with E-state index in [1.807, 2.05) is 12.1 Å². The molecule has 0 radical (unpaired) electrons. The van der Waals surface area contributed by atoms with Gasteiger partial charge in [0.1, 0.15) is 11.6 Å². The van der Waals surface area contributed by atoms with E-state index in [4.69, 9.17) is 5.73 Å². The van der Waals surface area contributed by atoms with Crippen molar-refractivity contribution in [3.05, 3.63) is 65.5 Å². The molecule has 2 nitrogen and oxygen atoms in total. The van der Waals surface area contributed by atoms with Crippen molar-refractivity contribution in [2.75, 3.05) is 6.54 Å². The molecule has 0 saturated heterocycles. The van der Waals surface area contributed by atoms with E-state index in [-0.39, 0.29) is 17.5 Å². The molecule has 0 saturated carbocycles. The molecule has 1 unspecified atom stereocenters. The second-order valence-electron chi connectivity index (χ2n) is 4.32. The van der Waals surface area contributed by atoms with Gasteiger partial charge in [0.05, 0.1) is 0 Å². The topological polar surface area (TPSA) is 46.2 Å². The summed E-state index contributed by atoms with van der Waals surface area (Å²) in [6.45, 7) is 0.458. The van der Waals surface area contributed by atoms with Crippen LogP contribution in [0.2, 0.25) is 0 Å². The molecule has 0 aromatic heterocycles. The highest BCUT2D eigenvalue weighted by Crippen LogP contribution is 2.25. The van der Waals surface area contributed by atoms with Crippen LogP contribution in [0.3, 0.4) is 0 Å². The van der Waals surface area contributed by atoms with Crippen LogP contribution in [-0.4, -0.2) is 11.7 Å². The maximum Gasteiger partial charge on any atom is 0.123 e. The van der Waals surface area contributed by atoms with E-state index in [2.05, 4.69) is 0 Å². The molecular weight excluding hydrogens is 229 g/mol. The first-order chi connectivity index (χ1) is 8.70. The van der Waals surface area contributed by atoms with Gasteiger partial charge in [-0.25, -0.2) is 4.39 Å². The highest BCUT2D eigenvalue weighted by atomic mass is 19.1. The fraction of sp³-hybridized carbons (Fsp3) is 0.200. The van der Waals surface area contributed by atoms with Crippen LogP contribution in [0, 0.1) is 5.82 Å². The Morgan fingerprint density at radius 3 is 2.33 bits per heavy atom. The van der Waals surface area contributed by atoms with Crippen molar-refractivity contribution in [2.24, 2.45) is 5.73 Å². The zero-order chi connectivity index (χ0) is 13.0. The Morgan fingerprint density at radius 2 is 1.72 bits per heavy atom. The van der Waals surface area contributed by atoms with E-state index >= 15 is 0 Å². The quantitative estimate of drug-likeness (QED) is 0.870. The number of nitrogens with two attached hydrogens (primary N) is 1. The van der Waals surface area contributed by atoms with Gasteiger partial charge in [-0.15, -0.1) is 0 Å². The summed E-state index contributed by atoms with van der Waals surface area (Å²) in [4.78, 5) is 0. The number of halogens is 1. The molecule has 94 valence electrons. The van der Waals surface area contributed by atoms with Gasteiger partial charge in [0.25, 0.3) is 0 Å². The highest BCUT2D eigenvalue weighted by molar-refractivity contribution is 5.34. The van der Waals surface area contributed by atoms with E-state index in [1.54, 1.807) is 24.3 Å². The maximum absolute atomic E-state index is 12.9. The van der Waals surface area contributed by atoms with Gasteiger partial charge >= 0.3 is 0 Å². The number of benzene rings is 2. The molecule has 2 aromatic carbocycles.